The zero-order chi connectivity index (χ0) is 19.6. The van der Waals surface area contributed by atoms with Gasteiger partial charge in [-0.2, -0.15) is 0 Å². The molecule has 0 fully saturated rings. The van der Waals surface area contributed by atoms with Gasteiger partial charge in [-0.1, -0.05) is 19.1 Å². The minimum Gasteiger partial charge on any atom is -0.496 e. The zero-order valence-electron chi connectivity index (χ0n) is 16.4. The van der Waals surface area contributed by atoms with Crippen LogP contribution in [0.3, 0.4) is 0 Å². The van der Waals surface area contributed by atoms with Crippen LogP contribution in [0.2, 0.25) is 0 Å². The second-order valence-electron chi connectivity index (χ2n) is 6.51. The summed E-state index contributed by atoms with van der Waals surface area (Å²) >= 11 is 0. The van der Waals surface area contributed by atoms with E-state index in [2.05, 4.69) is 12.2 Å². The van der Waals surface area contributed by atoms with Crippen molar-refractivity contribution < 1.29 is 19.0 Å². The molecule has 1 N–H and O–H groups in total. The summed E-state index contributed by atoms with van der Waals surface area (Å²) in [5.74, 6) is 1.82. The number of carbonyl (C=O) groups is 1. The first-order chi connectivity index (χ1) is 13.0. The van der Waals surface area contributed by atoms with Crippen molar-refractivity contribution in [1.82, 2.24) is 4.90 Å². The number of hydrogen-bond acceptors (Lipinski definition) is 5. The van der Waals surface area contributed by atoms with Crippen LogP contribution in [0.5, 0.6) is 17.2 Å². The lowest BCUT2D eigenvalue weighted by atomic mass is 9.99. The Morgan fingerprint density at radius 3 is 2.26 bits per heavy atom. The van der Waals surface area contributed by atoms with Crippen molar-refractivity contribution in [3.05, 3.63) is 47.5 Å². The maximum atomic E-state index is 13.3. The Morgan fingerprint density at radius 1 is 1.07 bits per heavy atom. The van der Waals surface area contributed by atoms with Crippen molar-refractivity contribution in [2.45, 2.75) is 32.5 Å². The molecule has 2 aromatic rings. The van der Waals surface area contributed by atoms with Crippen LogP contribution in [0.4, 0.5) is 5.69 Å². The molecule has 1 aliphatic rings. The normalized spacial score (nSPS) is 17.0. The molecule has 0 saturated carbocycles. The molecule has 0 unspecified atom stereocenters. The summed E-state index contributed by atoms with van der Waals surface area (Å²) in [5, 5.41) is 3.50. The Kier molecular flexibility index (Phi) is 5.44. The van der Waals surface area contributed by atoms with Gasteiger partial charge in [-0.05, 0) is 25.5 Å². The fourth-order valence-electron chi connectivity index (χ4n) is 3.43. The van der Waals surface area contributed by atoms with E-state index in [1.54, 1.807) is 33.5 Å². The molecule has 2 atom stereocenters. The highest BCUT2D eigenvalue weighted by Crippen LogP contribution is 2.44. The van der Waals surface area contributed by atoms with E-state index >= 15 is 0 Å². The van der Waals surface area contributed by atoms with E-state index in [9.17, 15) is 4.79 Å². The van der Waals surface area contributed by atoms with Crippen LogP contribution in [0, 0.1) is 0 Å². The molecule has 1 heterocycles. The van der Waals surface area contributed by atoms with Crippen LogP contribution in [0.1, 0.15) is 42.4 Å². The van der Waals surface area contributed by atoms with Gasteiger partial charge in [0, 0.05) is 23.9 Å². The second kappa shape index (κ2) is 7.78. The van der Waals surface area contributed by atoms with Gasteiger partial charge in [0.2, 0.25) is 0 Å². The quantitative estimate of drug-likeness (QED) is 0.830. The maximum Gasteiger partial charge on any atom is 0.258 e. The molecule has 6 nitrogen and oxygen atoms in total. The number of anilines is 1. The van der Waals surface area contributed by atoms with Gasteiger partial charge in [-0.15, -0.1) is 0 Å². The number of nitrogens with zero attached hydrogens (tertiary/aromatic N) is 1. The molecule has 0 spiro atoms. The number of fused-ring (bicyclic) bond motifs is 1. The number of hydrogen-bond donors (Lipinski definition) is 1. The van der Waals surface area contributed by atoms with Crippen molar-refractivity contribution in [3.63, 3.8) is 0 Å². The standard InChI is InChI=1S/C21H26N2O4/c1-6-13(2)23-20(22-16-10-8-7-9-15(16)21(23)24)19-17(26-4)11-14(25-3)12-18(19)27-5/h7-13,20,22H,6H2,1-5H3/t13-,20-/m0/s1. The van der Waals surface area contributed by atoms with Crippen LogP contribution in [-0.2, 0) is 0 Å². The second-order valence-corrected chi connectivity index (χ2v) is 6.51. The smallest absolute Gasteiger partial charge is 0.258 e. The lowest BCUT2D eigenvalue weighted by Crippen LogP contribution is -2.47. The highest BCUT2D eigenvalue weighted by molar-refractivity contribution is 6.02. The molecule has 6 heteroatoms. The number of amides is 1. The minimum absolute atomic E-state index is 0.0105. The Labute approximate surface area is 160 Å². The monoisotopic (exact) mass is 370 g/mol. The van der Waals surface area contributed by atoms with E-state index in [1.807, 2.05) is 36.1 Å². The number of carbonyl (C=O) groups excluding carboxylic acids is 1. The SMILES string of the molecule is CC[C@H](C)N1C(=O)c2ccccc2N[C@@H]1c1c(OC)cc(OC)cc1OC. The van der Waals surface area contributed by atoms with Crippen LogP contribution in [0.25, 0.3) is 0 Å². The van der Waals surface area contributed by atoms with E-state index < -0.39 is 6.17 Å². The van der Waals surface area contributed by atoms with Crippen LogP contribution >= 0.6 is 0 Å². The molecule has 144 valence electrons. The fourth-order valence-corrected chi connectivity index (χ4v) is 3.43. The number of para-hydroxylation sites is 1. The van der Waals surface area contributed by atoms with Gasteiger partial charge in [0.05, 0.1) is 32.5 Å². The third-order valence-corrected chi connectivity index (χ3v) is 5.05. The fraction of sp³-hybridized carbons (Fsp3) is 0.381. The van der Waals surface area contributed by atoms with Crippen molar-refractivity contribution in [2.24, 2.45) is 0 Å². The summed E-state index contributed by atoms with van der Waals surface area (Å²) in [4.78, 5) is 15.2. The Balaban J connectivity index is 2.20. The Morgan fingerprint density at radius 2 is 1.70 bits per heavy atom. The third kappa shape index (κ3) is 3.27. The summed E-state index contributed by atoms with van der Waals surface area (Å²) in [6.07, 6.45) is 0.408. The summed E-state index contributed by atoms with van der Waals surface area (Å²) in [7, 11) is 4.80. The topological polar surface area (TPSA) is 60.0 Å². The summed E-state index contributed by atoms with van der Waals surface area (Å²) in [6, 6.07) is 11.2. The highest BCUT2D eigenvalue weighted by Gasteiger charge is 2.38. The molecule has 0 aromatic heterocycles. The highest BCUT2D eigenvalue weighted by atomic mass is 16.5. The summed E-state index contributed by atoms with van der Waals surface area (Å²) < 4.78 is 16.6. The first-order valence-electron chi connectivity index (χ1n) is 9.03. The van der Waals surface area contributed by atoms with Crippen LogP contribution < -0.4 is 19.5 Å². The van der Waals surface area contributed by atoms with E-state index in [1.165, 1.54) is 0 Å². The Hall–Kier alpha value is -2.89. The molecule has 1 aliphatic heterocycles. The van der Waals surface area contributed by atoms with Gasteiger partial charge in [-0.25, -0.2) is 0 Å². The van der Waals surface area contributed by atoms with Gasteiger partial charge >= 0.3 is 0 Å². The van der Waals surface area contributed by atoms with E-state index in [0.717, 1.165) is 17.7 Å². The van der Waals surface area contributed by atoms with Crippen molar-refractivity contribution >= 4 is 11.6 Å². The lowest BCUT2D eigenvalue weighted by Gasteiger charge is -2.42. The third-order valence-electron chi connectivity index (χ3n) is 5.05. The molecular weight excluding hydrogens is 344 g/mol. The first-order valence-corrected chi connectivity index (χ1v) is 9.03. The molecule has 27 heavy (non-hydrogen) atoms. The molecule has 2 aromatic carbocycles. The molecular formula is C21H26N2O4. The largest absolute Gasteiger partial charge is 0.496 e. The van der Waals surface area contributed by atoms with Crippen molar-refractivity contribution in [2.75, 3.05) is 26.6 Å². The van der Waals surface area contributed by atoms with E-state index in [0.29, 0.717) is 22.8 Å². The predicted molar refractivity (Wildman–Crippen MR) is 105 cm³/mol. The molecule has 0 radical (unpaired) electrons. The predicted octanol–water partition coefficient (Wildman–Crippen LogP) is 4.08. The number of ether oxygens (including phenoxy) is 3. The van der Waals surface area contributed by atoms with Crippen LogP contribution in [0.15, 0.2) is 36.4 Å². The maximum absolute atomic E-state index is 13.3. The summed E-state index contributed by atoms with van der Waals surface area (Å²) in [5.41, 5.74) is 2.23. The van der Waals surface area contributed by atoms with Gasteiger partial charge in [0.25, 0.3) is 5.91 Å². The molecule has 0 saturated heterocycles. The van der Waals surface area contributed by atoms with E-state index in [4.69, 9.17) is 14.2 Å². The average Bonchev–Trinajstić information content (AvgIpc) is 2.71. The molecule has 0 bridgehead atoms. The molecule has 0 aliphatic carbocycles. The number of rotatable bonds is 6. The van der Waals surface area contributed by atoms with Gasteiger partial charge in [0.1, 0.15) is 23.4 Å². The van der Waals surface area contributed by atoms with Crippen molar-refractivity contribution in [1.29, 1.82) is 0 Å². The first kappa shape index (κ1) is 18.9. The lowest BCUT2D eigenvalue weighted by molar-refractivity contribution is 0.0588. The minimum atomic E-state index is -0.418. The number of nitrogens with one attached hydrogen (secondary N) is 1. The van der Waals surface area contributed by atoms with Gasteiger partial charge in [-0.3, -0.25) is 4.79 Å². The van der Waals surface area contributed by atoms with Crippen LogP contribution in [-0.4, -0.2) is 38.2 Å². The summed E-state index contributed by atoms with van der Waals surface area (Å²) in [6.45, 7) is 4.11. The average molecular weight is 370 g/mol. The van der Waals surface area contributed by atoms with Gasteiger partial charge < -0.3 is 24.4 Å². The number of methoxy groups -OCH3 is 3. The number of benzene rings is 2. The zero-order valence-corrected chi connectivity index (χ0v) is 16.4. The van der Waals surface area contributed by atoms with Crippen molar-refractivity contribution in [3.8, 4) is 17.2 Å². The Bertz CT molecular complexity index is 812. The molecule has 3 rings (SSSR count). The van der Waals surface area contributed by atoms with Gasteiger partial charge in [0.15, 0.2) is 0 Å². The molecule has 1 amide bonds. The van der Waals surface area contributed by atoms with E-state index in [-0.39, 0.29) is 11.9 Å².